The standard InChI is InChI=1S/C35H45FN8O3/c1-6-34(45)40-27-18-28(31(46-5)19-30(27)42-14-10-24(11-15-42)43-16-12-25(21-43)41(3)4)39-32-20-33(38-22-37-32)44-29(13-17-47-44)26-9-7-8-23(2)35(26)36/h6-9,18-20,22,24-25,29H,1,10-17,21H2,2-5H3,(H,40,45)(H,37,38,39). The molecule has 2 N–H and O–H groups in total. The zero-order valence-electron chi connectivity index (χ0n) is 27.7. The highest BCUT2D eigenvalue weighted by molar-refractivity contribution is 6.02. The van der Waals surface area contributed by atoms with E-state index in [2.05, 4.69) is 56.0 Å². The predicted molar refractivity (Wildman–Crippen MR) is 183 cm³/mol. The van der Waals surface area contributed by atoms with Gasteiger partial charge in [0, 0.05) is 62.4 Å². The first-order chi connectivity index (χ1) is 22.7. The van der Waals surface area contributed by atoms with E-state index in [4.69, 9.17) is 9.57 Å². The lowest BCUT2D eigenvalue weighted by Crippen LogP contribution is -2.45. The fourth-order valence-corrected chi connectivity index (χ4v) is 6.95. The summed E-state index contributed by atoms with van der Waals surface area (Å²) >= 11 is 0. The van der Waals surface area contributed by atoms with Crippen LogP contribution in [-0.2, 0) is 9.63 Å². The van der Waals surface area contributed by atoms with Crippen LogP contribution in [0.2, 0.25) is 0 Å². The maximum absolute atomic E-state index is 15.1. The molecule has 6 rings (SSSR count). The first-order valence-corrected chi connectivity index (χ1v) is 16.3. The topological polar surface area (TPSA) is 98.3 Å². The largest absolute Gasteiger partial charge is 0.494 e. The second-order valence-electron chi connectivity index (χ2n) is 12.7. The van der Waals surface area contributed by atoms with Gasteiger partial charge in [-0.05, 0) is 58.0 Å². The number of carbonyl (C=O) groups excluding carboxylic acids is 1. The molecule has 0 radical (unpaired) electrons. The van der Waals surface area contributed by atoms with Crippen LogP contribution in [0.15, 0.2) is 55.4 Å². The van der Waals surface area contributed by atoms with E-state index in [0.717, 1.165) is 44.7 Å². The number of carbonyl (C=O) groups is 1. The Hall–Kier alpha value is -4.26. The molecule has 3 fully saturated rings. The Morgan fingerprint density at radius 2 is 1.91 bits per heavy atom. The molecule has 250 valence electrons. The molecule has 12 heteroatoms. The lowest BCUT2D eigenvalue weighted by molar-refractivity contribution is -0.111. The van der Waals surface area contributed by atoms with Gasteiger partial charge in [-0.25, -0.2) is 19.4 Å². The number of likely N-dealkylation sites (tertiary alicyclic amines) is 1. The Morgan fingerprint density at radius 3 is 2.64 bits per heavy atom. The summed E-state index contributed by atoms with van der Waals surface area (Å²) in [4.78, 5) is 34.6. The van der Waals surface area contributed by atoms with Crippen LogP contribution in [0, 0.1) is 12.7 Å². The summed E-state index contributed by atoms with van der Waals surface area (Å²) in [6, 6.07) is 11.8. The number of hydroxylamine groups is 1. The first-order valence-electron chi connectivity index (χ1n) is 16.3. The SMILES string of the molecule is C=CC(=O)Nc1cc(Nc2cc(N3OCCC3c3cccc(C)c3F)ncn2)c(OC)cc1N1CCC(N2CCC(N(C)C)C2)CC1. The zero-order chi connectivity index (χ0) is 33.1. The summed E-state index contributed by atoms with van der Waals surface area (Å²) in [5, 5.41) is 7.99. The summed E-state index contributed by atoms with van der Waals surface area (Å²) in [5.41, 5.74) is 3.31. The molecule has 3 aromatic rings. The normalized spacial score (nSPS) is 20.6. The van der Waals surface area contributed by atoms with Gasteiger partial charge in [0.25, 0.3) is 0 Å². The smallest absolute Gasteiger partial charge is 0.247 e. The number of likely N-dealkylation sites (N-methyl/N-ethyl adjacent to an activating group) is 1. The van der Waals surface area contributed by atoms with E-state index >= 15 is 4.39 Å². The molecule has 4 heterocycles. The molecule has 1 amide bonds. The number of halogens is 1. The molecule has 11 nitrogen and oxygen atoms in total. The third-order valence-electron chi connectivity index (χ3n) is 9.63. The number of methoxy groups -OCH3 is 1. The maximum Gasteiger partial charge on any atom is 0.247 e. The lowest BCUT2D eigenvalue weighted by Gasteiger charge is -2.39. The van der Waals surface area contributed by atoms with Gasteiger partial charge in [-0.15, -0.1) is 0 Å². The number of ether oxygens (including phenoxy) is 1. The number of benzene rings is 2. The number of hydrogen-bond donors (Lipinski definition) is 2. The minimum Gasteiger partial charge on any atom is -0.494 e. The van der Waals surface area contributed by atoms with E-state index < -0.39 is 0 Å². The van der Waals surface area contributed by atoms with E-state index in [9.17, 15) is 4.79 Å². The van der Waals surface area contributed by atoms with Crippen LogP contribution in [0.25, 0.3) is 0 Å². The van der Waals surface area contributed by atoms with Gasteiger partial charge in [0.2, 0.25) is 5.91 Å². The number of aryl methyl sites for hydroxylation is 1. The fourth-order valence-electron chi connectivity index (χ4n) is 6.95. The molecule has 47 heavy (non-hydrogen) atoms. The Balaban J connectivity index is 1.22. The Kier molecular flexibility index (Phi) is 9.90. The highest BCUT2D eigenvalue weighted by Gasteiger charge is 2.33. The molecule has 0 spiro atoms. The number of nitrogens with zero attached hydrogens (tertiary/aromatic N) is 6. The van der Waals surface area contributed by atoms with Crippen molar-refractivity contribution in [3.63, 3.8) is 0 Å². The van der Waals surface area contributed by atoms with Crippen molar-refractivity contribution in [3.05, 3.63) is 72.3 Å². The summed E-state index contributed by atoms with van der Waals surface area (Å²) in [7, 11) is 5.95. The van der Waals surface area contributed by atoms with Crippen molar-refractivity contribution in [2.24, 2.45) is 0 Å². The van der Waals surface area contributed by atoms with Crippen molar-refractivity contribution in [3.8, 4) is 5.75 Å². The van der Waals surface area contributed by atoms with Crippen molar-refractivity contribution in [2.45, 2.75) is 50.7 Å². The van der Waals surface area contributed by atoms with E-state index in [0.29, 0.717) is 65.0 Å². The van der Waals surface area contributed by atoms with Gasteiger partial charge in [-0.2, -0.15) is 0 Å². The van der Waals surface area contributed by atoms with Crippen molar-refractivity contribution in [1.82, 2.24) is 19.8 Å². The van der Waals surface area contributed by atoms with Crippen molar-refractivity contribution in [1.29, 1.82) is 0 Å². The second-order valence-corrected chi connectivity index (χ2v) is 12.7. The van der Waals surface area contributed by atoms with Gasteiger partial charge in [0.15, 0.2) is 5.82 Å². The number of anilines is 5. The minimum absolute atomic E-state index is 0.238. The van der Waals surface area contributed by atoms with Crippen LogP contribution < -0.4 is 25.3 Å². The van der Waals surface area contributed by atoms with Crippen LogP contribution in [0.1, 0.15) is 42.9 Å². The molecular weight excluding hydrogens is 599 g/mol. The molecule has 1 aromatic heterocycles. The summed E-state index contributed by atoms with van der Waals surface area (Å²) in [5.74, 6) is 1.05. The molecule has 0 bridgehead atoms. The van der Waals surface area contributed by atoms with Gasteiger partial charge < -0.3 is 25.2 Å². The van der Waals surface area contributed by atoms with E-state index in [1.54, 1.807) is 37.3 Å². The molecule has 3 saturated heterocycles. The monoisotopic (exact) mass is 644 g/mol. The molecule has 3 aliphatic rings. The molecule has 0 aliphatic carbocycles. The summed E-state index contributed by atoms with van der Waals surface area (Å²) in [6.07, 6.45) is 6.64. The highest BCUT2D eigenvalue weighted by Crippen LogP contribution is 2.41. The van der Waals surface area contributed by atoms with Gasteiger partial charge in [0.1, 0.15) is 23.7 Å². The molecule has 2 atom stereocenters. The van der Waals surface area contributed by atoms with Gasteiger partial charge >= 0.3 is 0 Å². The fraction of sp³-hybridized carbons (Fsp3) is 0.457. The van der Waals surface area contributed by atoms with Crippen molar-refractivity contribution >= 4 is 34.6 Å². The number of hydrogen-bond acceptors (Lipinski definition) is 10. The maximum atomic E-state index is 15.1. The van der Waals surface area contributed by atoms with Gasteiger partial charge in [0.05, 0.1) is 36.8 Å². The second kappa shape index (κ2) is 14.2. The van der Waals surface area contributed by atoms with Crippen LogP contribution in [-0.4, -0.2) is 91.7 Å². The number of nitrogens with one attached hydrogen (secondary N) is 2. The van der Waals surface area contributed by atoms with Crippen LogP contribution in [0.4, 0.5) is 33.1 Å². The average molecular weight is 645 g/mol. The first kappa shape index (κ1) is 32.7. The third-order valence-corrected chi connectivity index (χ3v) is 9.63. The van der Waals surface area contributed by atoms with E-state index in [-0.39, 0.29) is 17.8 Å². The molecule has 0 saturated carbocycles. The lowest BCUT2D eigenvalue weighted by atomic mass is 10.0. The summed E-state index contributed by atoms with van der Waals surface area (Å²) < 4.78 is 20.9. The number of piperidine rings is 1. The minimum atomic E-state index is -0.323. The predicted octanol–water partition coefficient (Wildman–Crippen LogP) is 5.29. The van der Waals surface area contributed by atoms with Crippen LogP contribution in [0.3, 0.4) is 0 Å². The molecular formula is C35H45FN8O3. The molecule has 2 aromatic carbocycles. The average Bonchev–Trinajstić information content (AvgIpc) is 3.78. The Bertz CT molecular complexity index is 1590. The van der Waals surface area contributed by atoms with Gasteiger partial charge in [-0.3, -0.25) is 14.5 Å². The number of amides is 1. The van der Waals surface area contributed by atoms with Crippen LogP contribution >= 0.6 is 0 Å². The number of rotatable bonds is 10. The quantitative estimate of drug-likeness (QED) is 0.284. The highest BCUT2D eigenvalue weighted by atomic mass is 19.1. The summed E-state index contributed by atoms with van der Waals surface area (Å²) in [6.45, 7) is 9.84. The van der Waals surface area contributed by atoms with Gasteiger partial charge in [-0.1, -0.05) is 24.8 Å². The van der Waals surface area contributed by atoms with Crippen LogP contribution in [0.5, 0.6) is 5.75 Å². The Labute approximate surface area is 276 Å². The van der Waals surface area contributed by atoms with Crippen molar-refractivity contribution < 1.29 is 18.8 Å². The van der Waals surface area contributed by atoms with Crippen molar-refractivity contribution in [2.75, 3.05) is 74.6 Å². The van der Waals surface area contributed by atoms with E-state index in [1.807, 2.05) is 18.2 Å². The Morgan fingerprint density at radius 1 is 1.11 bits per heavy atom. The zero-order valence-corrected chi connectivity index (χ0v) is 27.7. The molecule has 2 unspecified atom stereocenters. The molecule has 3 aliphatic heterocycles. The van der Waals surface area contributed by atoms with E-state index in [1.165, 1.54) is 18.8 Å². The third kappa shape index (κ3) is 7.04. The number of aromatic nitrogens is 2.